The Hall–Kier alpha value is -1.27. The molecular weight excluding hydrogens is 288 g/mol. The van der Waals surface area contributed by atoms with Gasteiger partial charge in [0.2, 0.25) is 5.56 Å². The SMILES string of the molecule is O=c1cc(B(O)O)ccn1Cc1ccc(Cl)cc1Cl. The predicted octanol–water partition coefficient (Wildman–Crippen LogP) is 0.883. The maximum atomic E-state index is 11.8. The second kappa shape index (κ2) is 5.80. The number of hydrogen-bond donors (Lipinski definition) is 2. The van der Waals surface area contributed by atoms with E-state index in [1.807, 2.05) is 0 Å². The molecule has 98 valence electrons. The highest BCUT2D eigenvalue weighted by Gasteiger charge is 2.12. The zero-order valence-corrected chi connectivity index (χ0v) is 11.3. The summed E-state index contributed by atoms with van der Waals surface area (Å²) in [6, 6.07) is 7.69. The lowest BCUT2D eigenvalue weighted by atomic mass is 9.81. The topological polar surface area (TPSA) is 62.5 Å². The van der Waals surface area contributed by atoms with Gasteiger partial charge in [-0.15, -0.1) is 0 Å². The molecular formula is C12H10BCl2NO3. The molecule has 19 heavy (non-hydrogen) atoms. The summed E-state index contributed by atoms with van der Waals surface area (Å²) in [4.78, 5) is 11.8. The van der Waals surface area contributed by atoms with E-state index in [1.54, 1.807) is 18.2 Å². The Morgan fingerprint density at radius 3 is 2.47 bits per heavy atom. The number of nitrogens with zero attached hydrogens (tertiary/aromatic N) is 1. The molecule has 2 rings (SSSR count). The van der Waals surface area contributed by atoms with Crippen LogP contribution in [-0.2, 0) is 6.54 Å². The summed E-state index contributed by atoms with van der Waals surface area (Å²) >= 11 is 11.8. The smallest absolute Gasteiger partial charge is 0.423 e. The minimum Gasteiger partial charge on any atom is -0.423 e. The largest absolute Gasteiger partial charge is 0.488 e. The van der Waals surface area contributed by atoms with Crippen molar-refractivity contribution in [2.45, 2.75) is 6.54 Å². The van der Waals surface area contributed by atoms with Crippen LogP contribution >= 0.6 is 23.2 Å². The van der Waals surface area contributed by atoms with Gasteiger partial charge in [-0.3, -0.25) is 4.79 Å². The van der Waals surface area contributed by atoms with E-state index >= 15 is 0 Å². The number of aromatic nitrogens is 1. The van der Waals surface area contributed by atoms with Crippen LogP contribution in [-0.4, -0.2) is 21.7 Å². The number of pyridine rings is 1. The molecule has 0 aliphatic heterocycles. The first-order valence-corrected chi connectivity index (χ1v) is 6.23. The number of benzene rings is 1. The minimum atomic E-state index is -1.65. The molecule has 0 aliphatic rings. The molecule has 2 N–H and O–H groups in total. The molecule has 0 amide bonds. The highest BCUT2D eigenvalue weighted by molar-refractivity contribution is 6.58. The van der Waals surface area contributed by atoms with Crippen LogP contribution in [0.4, 0.5) is 0 Å². The highest BCUT2D eigenvalue weighted by atomic mass is 35.5. The van der Waals surface area contributed by atoms with Crippen molar-refractivity contribution in [2.75, 3.05) is 0 Å². The molecule has 4 nitrogen and oxygen atoms in total. The van der Waals surface area contributed by atoms with E-state index in [9.17, 15) is 4.79 Å². The first-order chi connectivity index (χ1) is 8.97. The van der Waals surface area contributed by atoms with Crippen LogP contribution in [0.15, 0.2) is 41.3 Å². The van der Waals surface area contributed by atoms with E-state index in [0.29, 0.717) is 10.0 Å². The minimum absolute atomic E-state index is 0.156. The summed E-state index contributed by atoms with van der Waals surface area (Å²) < 4.78 is 1.42. The van der Waals surface area contributed by atoms with Crippen molar-refractivity contribution in [2.24, 2.45) is 0 Å². The molecule has 7 heteroatoms. The number of rotatable bonds is 3. The summed E-state index contributed by atoms with van der Waals surface area (Å²) in [6.45, 7) is 0.288. The number of halogens is 2. The van der Waals surface area contributed by atoms with E-state index in [0.717, 1.165) is 5.56 Å². The average Bonchev–Trinajstić information content (AvgIpc) is 2.34. The third kappa shape index (κ3) is 3.39. The van der Waals surface area contributed by atoms with Gasteiger partial charge in [0.05, 0.1) is 6.54 Å². The number of hydrogen-bond acceptors (Lipinski definition) is 3. The van der Waals surface area contributed by atoms with Crippen LogP contribution in [0.1, 0.15) is 5.56 Å². The summed E-state index contributed by atoms with van der Waals surface area (Å²) in [5.74, 6) is 0. The molecule has 0 radical (unpaired) electrons. The first-order valence-electron chi connectivity index (χ1n) is 5.48. The normalized spacial score (nSPS) is 10.5. The van der Waals surface area contributed by atoms with Gasteiger partial charge in [0.25, 0.3) is 0 Å². The molecule has 0 spiro atoms. The molecule has 0 fully saturated rings. The summed E-state index contributed by atoms with van der Waals surface area (Å²) in [6.07, 6.45) is 1.49. The zero-order valence-electron chi connectivity index (χ0n) is 9.75. The maximum absolute atomic E-state index is 11.8. The quantitative estimate of drug-likeness (QED) is 0.827. The summed E-state index contributed by atoms with van der Waals surface area (Å²) in [5.41, 5.74) is 0.575. The van der Waals surface area contributed by atoms with Gasteiger partial charge in [0.15, 0.2) is 0 Å². The van der Waals surface area contributed by atoms with Gasteiger partial charge in [-0.1, -0.05) is 29.3 Å². The fraction of sp³-hybridized carbons (Fsp3) is 0.0833. The Balaban J connectivity index is 2.31. The van der Waals surface area contributed by atoms with Crippen LogP contribution < -0.4 is 11.0 Å². The summed E-state index contributed by atoms with van der Waals surface area (Å²) in [5, 5.41) is 19.0. The molecule has 1 heterocycles. The zero-order chi connectivity index (χ0) is 14.0. The molecule has 0 aliphatic carbocycles. The third-order valence-electron chi connectivity index (χ3n) is 2.67. The second-order valence-corrected chi connectivity index (χ2v) is 4.88. The predicted molar refractivity (Wildman–Crippen MR) is 76.1 cm³/mol. The molecule has 0 bridgehead atoms. The Bertz CT molecular complexity index is 658. The van der Waals surface area contributed by atoms with E-state index in [2.05, 4.69) is 0 Å². The Labute approximate surface area is 120 Å². The fourth-order valence-corrected chi connectivity index (χ4v) is 2.12. The fourth-order valence-electron chi connectivity index (χ4n) is 1.65. The van der Waals surface area contributed by atoms with Gasteiger partial charge < -0.3 is 14.6 Å². The van der Waals surface area contributed by atoms with Crippen LogP contribution in [0, 0.1) is 0 Å². The monoisotopic (exact) mass is 297 g/mol. The Morgan fingerprint density at radius 1 is 1.16 bits per heavy atom. The van der Waals surface area contributed by atoms with Crippen molar-refractivity contribution in [3.63, 3.8) is 0 Å². The first kappa shape index (κ1) is 14.2. The summed E-state index contributed by atoms with van der Waals surface area (Å²) in [7, 11) is -1.65. The molecule has 0 saturated carbocycles. The highest BCUT2D eigenvalue weighted by Crippen LogP contribution is 2.21. The Morgan fingerprint density at radius 2 is 1.89 bits per heavy atom. The van der Waals surface area contributed by atoms with Crippen molar-refractivity contribution in [1.29, 1.82) is 0 Å². The second-order valence-electron chi connectivity index (χ2n) is 4.04. The van der Waals surface area contributed by atoms with E-state index in [1.165, 1.54) is 22.9 Å². The van der Waals surface area contributed by atoms with Crippen LogP contribution in [0.5, 0.6) is 0 Å². The van der Waals surface area contributed by atoms with Crippen molar-refractivity contribution in [3.8, 4) is 0 Å². The lowest BCUT2D eigenvalue weighted by molar-refractivity contribution is 0.425. The van der Waals surface area contributed by atoms with Gasteiger partial charge in [-0.2, -0.15) is 0 Å². The van der Waals surface area contributed by atoms with Crippen LogP contribution in [0.25, 0.3) is 0 Å². The molecule has 0 unspecified atom stereocenters. The lowest BCUT2D eigenvalue weighted by Crippen LogP contribution is -2.35. The van der Waals surface area contributed by atoms with Gasteiger partial charge in [0, 0.05) is 22.3 Å². The van der Waals surface area contributed by atoms with Gasteiger partial charge in [0.1, 0.15) is 0 Å². The van der Waals surface area contributed by atoms with Gasteiger partial charge in [-0.25, -0.2) is 0 Å². The molecule has 1 aromatic heterocycles. The van der Waals surface area contributed by atoms with Crippen LogP contribution in [0.3, 0.4) is 0 Å². The third-order valence-corrected chi connectivity index (χ3v) is 3.26. The lowest BCUT2D eigenvalue weighted by Gasteiger charge is -2.09. The van der Waals surface area contributed by atoms with E-state index < -0.39 is 7.12 Å². The van der Waals surface area contributed by atoms with Crippen molar-refractivity contribution < 1.29 is 10.0 Å². The van der Waals surface area contributed by atoms with Gasteiger partial charge >= 0.3 is 7.12 Å². The molecule has 2 aromatic rings. The molecule has 1 aromatic carbocycles. The van der Waals surface area contributed by atoms with Crippen molar-refractivity contribution in [1.82, 2.24) is 4.57 Å². The van der Waals surface area contributed by atoms with Gasteiger partial charge in [-0.05, 0) is 29.2 Å². The van der Waals surface area contributed by atoms with Crippen molar-refractivity contribution >= 4 is 35.8 Å². The molecule has 0 atom stereocenters. The maximum Gasteiger partial charge on any atom is 0.488 e. The van der Waals surface area contributed by atoms with Crippen LogP contribution in [0.2, 0.25) is 10.0 Å². The van der Waals surface area contributed by atoms with E-state index in [-0.39, 0.29) is 17.6 Å². The van der Waals surface area contributed by atoms with E-state index in [4.69, 9.17) is 33.2 Å². The molecule has 0 saturated heterocycles. The average molecular weight is 298 g/mol. The van der Waals surface area contributed by atoms with Crippen molar-refractivity contribution in [3.05, 3.63) is 62.5 Å². The Kier molecular flexibility index (Phi) is 4.32. The standard InChI is InChI=1S/C12H10BCl2NO3/c14-10-2-1-8(11(15)6-10)7-16-4-3-9(13(18)19)5-12(16)17/h1-6,18-19H,7H2.